The van der Waals surface area contributed by atoms with Crippen molar-refractivity contribution in [3.63, 3.8) is 0 Å². The van der Waals surface area contributed by atoms with E-state index in [0.717, 1.165) is 16.8 Å². The van der Waals surface area contributed by atoms with Crippen molar-refractivity contribution in [1.29, 1.82) is 0 Å². The Morgan fingerprint density at radius 1 is 1.45 bits per heavy atom. The SMILES string of the molecule is Cc1noc(C)c1CN(C)C(=O)NC(C)c1cccc(F)c1. The van der Waals surface area contributed by atoms with Gasteiger partial charge in [-0.2, -0.15) is 0 Å². The molecule has 22 heavy (non-hydrogen) atoms. The second-order valence-corrected chi connectivity index (χ2v) is 5.38. The molecule has 5 nitrogen and oxygen atoms in total. The number of amides is 2. The maximum atomic E-state index is 13.2. The molecular formula is C16H20FN3O2. The second kappa shape index (κ2) is 6.60. The minimum Gasteiger partial charge on any atom is -0.361 e. The Kier molecular flexibility index (Phi) is 4.80. The van der Waals surface area contributed by atoms with E-state index in [0.29, 0.717) is 12.3 Å². The van der Waals surface area contributed by atoms with Gasteiger partial charge >= 0.3 is 6.03 Å². The Morgan fingerprint density at radius 3 is 2.77 bits per heavy atom. The number of halogens is 1. The lowest BCUT2D eigenvalue weighted by atomic mass is 10.1. The van der Waals surface area contributed by atoms with Gasteiger partial charge < -0.3 is 14.7 Å². The van der Waals surface area contributed by atoms with E-state index in [2.05, 4.69) is 10.5 Å². The molecule has 6 heteroatoms. The lowest BCUT2D eigenvalue weighted by Gasteiger charge is -2.21. The predicted octanol–water partition coefficient (Wildman–Crippen LogP) is 3.33. The highest BCUT2D eigenvalue weighted by Crippen LogP contribution is 2.16. The summed E-state index contributed by atoms with van der Waals surface area (Å²) in [5.41, 5.74) is 2.39. The number of nitrogens with one attached hydrogen (secondary N) is 1. The van der Waals surface area contributed by atoms with Gasteiger partial charge in [0.1, 0.15) is 11.6 Å². The van der Waals surface area contributed by atoms with E-state index in [1.165, 1.54) is 12.1 Å². The summed E-state index contributed by atoms with van der Waals surface area (Å²) in [6.45, 7) is 5.88. The smallest absolute Gasteiger partial charge is 0.317 e. The Hall–Kier alpha value is -2.37. The van der Waals surface area contributed by atoms with Crippen molar-refractivity contribution in [2.24, 2.45) is 0 Å². The summed E-state index contributed by atoms with van der Waals surface area (Å²) in [5, 5.41) is 6.72. The Balaban J connectivity index is 1.99. The molecule has 1 heterocycles. The number of aromatic nitrogens is 1. The van der Waals surface area contributed by atoms with Gasteiger partial charge in [0.25, 0.3) is 0 Å². The zero-order chi connectivity index (χ0) is 16.3. The summed E-state index contributed by atoms with van der Waals surface area (Å²) >= 11 is 0. The van der Waals surface area contributed by atoms with E-state index >= 15 is 0 Å². The van der Waals surface area contributed by atoms with Crippen LogP contribution >= 0.6 is 0 Å². The van der Waals surface area contributed by atoms with E-state index in [1.807, 2.05) is 20.8 Å². The summed E-state index contributed by atoms with van der Waals surface area (Å²) in [7, 11) is 1.69. The fourth-order valence-electron chi connectivity index (χ4n) is 2.19. The minimum absolute atomic E-state index is 0.239. The van der Waals surface area contributed by atoms with E-state index in [1.54, 1.807) is 24.1 Å². The molecule has 2 rings (SSSR count). The van der Waals surface area contributed by atoms with Gasteiger partial charge in [0.15, 0.2) is 0 Å². The number of hydrogen-bond donors (Lipinski definition) is 1. The van der Waals surface area contributed by atoms with Crippen LogP contribution in [0.3, 0.4) is 0 Å². The van der Waals surface area contributed by atoms with Gasteiger partial charge in [-0.1, -0.05) is 17.3 Å². The van der Waals surface area contributed by atoms with Gasteiger partial charge in [0, 0.05) is 12.6 Å². The third-order valence-corrected chi connectivity index (χ3v) is 3.61. The number of hydrogen-bond acceptors (Lipinski definition) is 3. The molecule has 1 unspecified atom stereocenters. The zero-order valence-corrected chi connectivity index (χ0v) is 13.2. The number of rotatable bonds is 4. The maximum absolute atomic E-state index is 13.2. The lowest BCUT2D eigenvalue weighted by molar-refractivity contribution is 0.203. The molecule has 0 fully saturated rings. The van der Waals surface area contributed by atoms with E-state index < -0.39 is 0 Å². The summed E-state index contributed by atoms with van der Waals surface area (Å²) in [6, 6.07) is 5.68. The summed E-state index contributed by atoms with van der Waals surface area (Å²) in [4.78, 5) is 13.8. The first-order valence-electron chi connectivity index (χ1n) is 7.07. The van der Waals surface area contributed by atoms with Crippen LogP contribution in [-0.2, 0) is 6.54 Å². The highest BCUT2D eigenvalue weighted by Gasteiger charge is 2.17. The Labute approximate surface area is 129 Å². The molecule has 0 radical (unpaired) electrons. The highest BCUT2D eigenvalue weighted by atomic mass is 19.1. The molecule has 0 saturated heterocycles. The van der Waals surface area contributed by atoms with Crippen molar-refractivity contribution in [1.82, 2.24) is 15.4 Å². The number of carbonyl (C=O) groups excluding carboxylic acids is 1. The van der Waals surface area contributed by atoms with Crippen molar-refractivity contribution in [3.05, 3.63) is 52.7 Å². The Bertz CT molecular complexity index is 650. The topological polar surface area (TPSA) is 58.4 Å². The maximum Gasteiger partial charge on any atom is 0.317 e. The van der Waals surface area contributed by atoms with Crippen molar-refractivity contribution < 1.29 is 13.7 Å². The number of carbonyl (C=O) groups is 1. The van der Waals surface area contributed by atoms with E-state index in [9.17, 15) is 9.18 Å². The highest BCUT2D eigenvalue weighted by molar-refractivity contribution is 5.74. The molecule has 1 atom stereocenters. The van der Waals surface area contributed by atoms with Crippen LogP contribution in [0.1, 0.15) is 35.5 Å². The molecular weight excluding hydrogens is 285 g/mol. The van der Waals surface area contributed by atoms with Crippen molar-refractivity contribution in [2.45, 2.75) is 33.4 Å². The van der Waals surface area contributed by atoms with Crippen LogP contribution < -0.4 is 5.32 Å². The van der Waals surface area contributed by atoms with Crippen LogP contribution in [0, 0.1) is 19.7 Å². The Morgan fingerprint density at radius 2 is 2.18 bits per heavy atom. The van der Waals surface area contributed by atoms with Crippen molar-refractivity contribution in [2.75, 3.05) is 7.05 Å². The third-order valence-electron chi connectivity index (χ3n) is 3.61. The van der Waals surface area contributed by atoms with Gasteiger partial charge in [0.2, 0.25) is 0 Å². The van der Waals surface area contributed by atoms with Gasteiger partial charge in [-0.15, -0.1) is 0 Å². The zero-order valence-electron chi connectivity index (χ0n) is 13.2. The molecule has 0 aliphatic carbocycles. The van der Waals surface area contributed by atoms with Gasteiger partial charge in [-0.25, -0.2) is 9.18 Å². The van der Waals surface area contributed by atoms with Crippen LogP contribution in [-0.4, -0.2) is 23.1 Å². The minimum atomic E-state index is -0.317. The van der Waals surface area contributed by atoms with Gasteiger partial charge in [-0.05, 0) is 38.5 Å². The molecule has 0 saturated carbocycles. The molecule has 1 aromatic carbocycles. The van der Waals surface area contributed by atoms with E-state index in [-0.39, 0.29) is 17.9 Å². The standard InChI is InChI=1S/C16H20FN3O2/c1-10(13-6-5-7-14(17)8-13)18-16(21)20(4)9-15-11(2)19-22-12(15)3/h5-8,10H,9H2,1-4H3,(H,18,21). The normalized spacial score (nSPS) is 12.0. The number of urea groups is 1. The predicted molar refractivity (Wildman–Crippen MR) is 80.8 cm³/mol. The van der Waals surface area contributed by atoms with Gasteiger partial charge in [0.05, 0.1) is 18.3 Å². The first kappa shape index (κ1) is 16.0. The molecule has 1 aromatic heterocycles. The average molecular weight is 305 g/mol. The van der Waals surface area contributed by atoms with Crippen LogP contribution in [0.15, 0.2) is 28.8 Å². The quantitative estimate of drug-likeness (QED) is 0.942. The van der Waals surface area contributed by atoms with E-state index in [4.69, 9.17) is 4.52 Å². The van der Waals surface area contributed by atoms with Crippen molar-refractivity contribution >= 4 is 6.03 Å². The molecule has 1 N–H and O–H groups in total. The molecule has 2 amide bonds. The second-order valence-electron chi connectivity index (χ2n) is 5.38. The molecule has 0 aliphatic heterocycles. The third kappa shape index (κ3) is 3.63. The van der Waals surface area contributed by atoms with Crippen LogP contribution in [0.4, 0.5) is 9.18 Å². The van der Waals surface area contributed by atoms with Crippen LogP contribution in [0.25, 0.3) is 0 Å². The van der Waals surface area contributed by atoms with Crippen LogP contribution in [0.2, 0.25) is 0 Å². The molecule has 0 aliphatic rings. The molecule has 0 spiro atoms. The monoisotopic (exact) mass is 305 g/mol. The molecule has 2 aromatic rings. The van der Waals surface area contributed by atoms with Crippen LogP contribution in [0.5, 0.6) is 0 Å². The first-order valence-corrected chi connectivity index (χ1v) is 7.07. The number of aryl methyl sites for hydroxylation is 2. The fourth-order valence-corrected chi connectivity index (χ4v) is 2.19. The number of benzene rings is 1. The average Bonchev–Trinajstić information content (AvgIpc) is 2.79. The summed E-state index contributed by atoms with van der Waals surface area (Å²) in [5.74, 6) is 0.387. The van der Waals surface area contributed by atoms with Crippen molar-refractivity contribution in [3.8, 4) is 0 Å². The lowest BCUT2D eigenvalue weighted by Crippen LogP contribution is -2.38. The summed E-state index contributed by atoms with van der Waals surface area (Å²) in [6.07, 6.45) is 0. The fraction of sp³-hybridized carbons (Fsp3) is 0.375. The number of nitrogens with zero attached hydrogens (tertiary/aromatic N) is 2. The van der Waals surface area contributed by atoms with Gasteiger partial charge in [-0.3, -0.25) is 0 Å². The molecule has 118 valence electrons. The summed E-state index contributed by atoms with van der Waals surface area (Å²) < 4.78 is 18.3. The largest absolute Gasteiger partial charge is 0.361 e. The molecule has 0 bridgehead atoms. The first-order chi connectivity index (χ1) is 10.4.